The van der Waals surface area contributed by atoms with Crippen LogP contribution in [0.25, 0.3) is 0 Å². The van der Waals surface area contributed by atoms with Gasteiger partial charge >= 0.3 is 5.97 Å². The first-order valence-corrected chi connectivity index (χ1v) is 10.1. The standard InChI is InChI=1S/C19H34N6O7/c1-8(2)5-10(20)16(28)23-11(6-13(21)26)17(29)25-15(9(3)4)18(30)24-12(19(31)32)7-14(22)27/h8-12,15H,5-7,20H2,1-4H3,(H2,21,26)(H2,22,27)(H,23,28)(H,24,30)(H,25,29)(H,31,32). The molecule has 10 N–H and O–H groups in total. The highest BCUT2D eigenvalue weighted by Crippen LogP contribution is 2.07. The number of hydrogen-bond donors (Lipinski definition) is 7. The number of carbonyl (C=O) groups excluding carboxylic acids is 5. The van der Waals surface area contributed by atoms with Crippen LogP contribution in [0.5, 0.6) is 0 Å². The van der Waals surface area contributed by atoms with Gasteiger partial charge in [-0.3, -0.25) is 24.0 Å². The molecule has 0 spiro atoms. The Hall–Kier alpha value is -3.22. The van der Waals surface area contributed by atoms with E-state index < -0.39 is 78.4 Å². The largest absolute Gasteiger partial charge is 0.480 e. The second kappa shape index (κ2) is 13.2. The highest BCUT2D eigenvalue weighted by atomic mass is 16.4. The predicted octanol–water partition coefficient (Wildman–Crippen LogP) is -2.69. The first-order valence-electron chi connectivity index (χ1n) is 10.1. The van der Waals surface area contributed by atoms with Gasteiger partial charge in [-0.25, -0.2) is 4.79 Å². The van der Waals surface area contributed by atoms with Crippen LogP contribution in [-0.2, 0) is 28.8 Å². The van der Waals surface area contributed by atoms with Crippen molar-refractivity contribution in [3.63, 3.8) is 0 Å². The Labute approximate surface area is 186 Å². The van der Waals surface area contributed by atoms with Crippen molar-refractivity contribution in [1.82, 2.24) is 16.0 Å². The molecule has 0 bridgehead atoms. The first-order chi connectivity index (χ1) is 14.6. The average Bonchev–Trinajstić information content (AvgIpc) is 2.62. The molecule has 0 aliphatic rings. The van der Waals surface area contributed by atoms with E-state index in [4.69, 9.17) is 22.3 Å². The van der Waals surface area contributed by atoms with Crippen LogP contribution in [0.4, 0.5) is 0 Å². The van der Waals surface area contributed by atoms with E-state index in [0.717, 1.165) is 0 Å². The molecular weight excluding hydrogens is 424 g/mol. The maximum Gasteiger partial charge on any atom is 0.326 e. The predicted molar refractivity (Wildman–Crippen MR) is 113 cm³/mol. The zero-order chi connectivity index (χ0) is 25.2. The number of rotatable bonds is 14. The summed E-state index contributed by atoms with van der Waals surface area (Å²) in [7, 11) is 0. The van der Waals surface area contributed by atoms with Gasteiger partial charge in [0.05, 0.1) is 18.9 Å². The van der Waals surface area contributed by atoms with Crippen LogP contribution in [0.15, 0.2) is 0 Å². The number of carboxylic acids is 1. The molecule has 0 aromatic carbocycles. The maximum absolute atomic E-state index is 12.7. The van der Waals surface area contributed by atoms with Gasteiger partial charge < -0.3 is 38.3 Å². The summed E-state index contributed by atoms with van der Waals surface area (Å²) in [6.07, 6.45) is -0.851. The van der Waals surface area contributed by atoms with Crippen molar-refractivity contribution in [2.24, 2.45) is 29.0 Å². The van der Waals surface area contributed by atoms with E-state index in [2.05, 4.69) is 16.0 Å². The zero-order valence-electron chi connectivity index (χ0n) is 18.7. The van der Waals surface area contributed by atoms with Crippen LogP contribution in [0.1, 0.15) is 47.0 Å². The molecule has 182 valence electrons. The summed E-state index contributed by atoms with van der Waals surface area (Å²) in [6, 6.07) is -5.15. The molecule has 0 heterocycles. The summed E-state index contributed by atoms with van der Waals surface area (Å²) in [4.78, 5) is 71.3. The van der Waals surface area contributed by atoms with Gasteiger partial charge in [0, 0.05) is 0 Å². The minimum Gasteiger partial charge on any atom is -0.480 e. The number of carbonyl (C=O) groups is 6. The van der Waals surface area contributed by atoms with Crippen LogP contribution in [-0.4, -0.2) is 64.8 Å². The molecule has 0 aliphatic heterocycles. The highest BCUT2D eigenvalue weighted by molar-refractivity contribution is 5.96. The summed E-state index contributed by atoms with van der Waals surface area (Å²) in [6.45, 7) is 6.87. The smallest absolute Gasteiger partial charge is 0.326 e. The molecule has 32 heavy (non-hydrogen) atoms. The molecule has 0 rings (SSSR count). The number of carboxylic acid groups (broad SMARTS) is 1. The molecule has 4 unspecified atom stereocenters. The normalized spacial score (nSPS) is 14.7. The Balaban J connectivity index is 5.45. The minimum absolute atomic E-state index is 0.107. The number of nitrogens with one attached hydrogen (secondary N) is 3. The van der Waals surface area contributed by atoms with Crippen molar-refractivity contribution in [1.29, 1.82) is 0 Å². The van der Waals surface area contributed by atoms with E-state index in [-0.39, 0.29) is 5.92 Å². The van der Waals surface area contributed by atoms with Crippen molar-refractivity contribution in [3.05, 3.63) is 0 Å². The quantitative estimate of drug-likeness (QED) is 0.144. The number of nitrogens with two attached hydrogens (primary N) is 3. The third kappa shape index (κ3) is 10.7. The van der Waals surface area contributed by atoms with Gasteiger partial charge in [-0.05, 0) is 18.3 Å². The Morgan fingerprint density at radius 1 is 0.750 bits per heavy atom. The summed E-state index contributed by atoms with van der Waals surface area (Å²) in [5, 5.41) is 16.0. The van der Waals surface area contributed by atoms with Crippen LogP contribution >= 0.6 is 0 Å². The molecule has 0 radical (unpaired) electrons. The van der Waals surface area contributed by atoms with Crippen LogP contribution < -0.4 is 33.2 Å². The summed E-state index contributed by atoms with van der Waals surface area (Å²) >= 11 is 0. The molecule has 0 fully saturated rings. The number of amides is 5. The molecule has 0 aromatic rings. The van der Waals surface area contributed by atoms with Gasteiger partial charge in [0.15, 0.2) is 0 Å². The van der Waals surface area contributed by atoms with Gasteiger partial charge in [0.25, 0.3) is 0 Å². The summed E-state index contributed by atoms with van der Waals surface area (Å²) in [5.41, 5.74) is 16.0. The Bertz CT molecular complexity index is 725. The van der Waals surface area contributed by atoms with Crippen LogP contribution in [0, 0.1) is 11.8 Å². The van der Waals surface area contributed by atoms with Crippen molar-refractivity contribution < 1.29 is 33.9 Å². The lowest BCUT2D eigenvalue weighted by Gasteiger charge is -2.26. The highest BCUT2D eigenvalue weighted by Gasteiger charge is 2.33. The fourth-order valence-corrected chi connectivity index (χ4v) is 2.76. The zero-order valence-corrected chi connectivity index (χ0v) is 18.7. The third-order valence-electron chi connectivity index (χ3n) is 4.37. The van der Waals surface area contributed by atoms with E-state index in [1.165, 1.54) is 0 Å². The molecule has 5 amide bonds. The second-order valence-electron chi connectivity index (χ2n) is 8.27. The Morgan fingerprint density at radius 2 is 1.22 bits per heavy atom. The topological polar surface area (TPSA) is 237 Å². The van der Waals surface area contributed by atoms with E-state index in [1.54, 1.807) is 13.8 Å². The number of hydrogen-bond acceptors (Lipinski definition) is 7. The third-order valence-corrected chi connectivity index (χ3v) is 4.37. The minimum atomic E-state index is -1.59. The van der Waals surface area contributed by atoms with Crippen LogP contribution in [0.2, 0.25) is 0 Å². The number of aliphatic carboxylic acids is 1. The maximum atomic E-state index is 12.7. The van der Waals surface area contributed by atoms with E-state index in [1.807, 2.05) is 13.8 Å². The number of primary amides is 2. The SMILES string of the molecule is CC(C)CC(N)C(=O)NC(CC(N)=O)C(=O)NC(C(=O)NC(CC(N)=O)C(=O)O)C(C)C. The lowest BCUT2D eigenvalue weighted by molar-refractivity contribution is -0.144. The molecular formula is C19H34N6O7. The van der Waals surface area contributed by atoms with Crippen molar-refractivity contribution in [2.45, 2.75) is 71.1 Å². The van der Waals surface area contributed by atoms with E-state index >= 15 is 0 Å². The van der Waals surface area contributed by atoms with E-state index in [0.29, 0.717) is 6.42 Å². The molecule has 0 saturated carbocycles. The van der Waals surface area contributed by atoms with Gasteiger partial charge in [0.2, 0.25) is 29.5 Å². The molecule has 13 nitrogen and oxygen atoms in total. The fourth-order valence-electron chi connectivity index (χ4n) is 2.76. The van der Waals surface area contributed by atoms with Crippen LogP contribution in [0.3, 0.4) is 0 Å². The monoisotopic (exact) mass is 458 g/mol. The van der Waals surface area contributed by atoms with E-state index in [9.17, 15) is 28.8 Å². The Kier molecular flexibility index (Phi) is 11.9. The molecule has 0 saturated heterocycles. The molecule has 0 aromatic heterocycles. The lowest BCUT2D eigenvalue weighted by atomic mass is 10.0. The second-order valence-corrected chi connectivity index (χ2v) is 8.27. The fraction of sp³-hybridized carbons (Fsp3) is 0.684. The van der Waals surface area contributed by atoms with Gasteiger partial charge in [0.1, 0.15) is 18.1 Å². The summed E-state index contributed by atoms with van der Waals surface area (Å²) < 4.78 is 0. The van der Waals surface area contributed by atoms with Gasteiger partial charge in [-0.15, -0.1) is 0 Å². The first kappa shape index (κ1) is 28.8. The van der Waals surface area contributed by atoms with Crippen molar-refractivity contribution in [2.75, 3.05) is 0 Å². The molecule has 4 atom stereocenters. The molecule has 13 heteroatoms. The van der Waals surface area contributed by atoms with Gasteiger partial charge in [-0.2, -0.15) is 0 Å². The van der Waals surface area contributed by atoms with Gasteiger partial charge in [-0.1, -0.05) is 27.7 Å². The Morgan fingerprint density at radius 3 is 1.62 bits per heavy atom. The molecule has 0 aliphatic carbocycles. The summed E-state index contributed by atoms with van der Waals surface area (Å²) in [5.74, 6) is -6.15. The average molecular weight is 459 g/mol. The van der Waals surface area contributed by atoms with Crippen molar-refractivity contribution >= 4 is 35.5 Å². The lowest BCUT2D eigenvalue weighted by Crippen LogP contribution is -2.59. The van der Waals surface area contributed by atoms with Crippen molar-refractivity contribution in [3.8, 4) is 0 Å².